The van der Waals surface area contributed by atoms with Crippen LogP contribution in [0.1, 0.15) is 11.6 Å². The van der Waals surface area contributed by atoms with Crippen LogP contribution in [-0.2, 0) is 0 Å². The number of methoxy groups -OCH3 is 1. The number of halogens is 2. The van der Waals surface area contributed by atoms with Gasteiger partial charge >= 0.3 is 0 Å². The minimum Gasteiger partial charge on any atom is -0.497 e. The van der Waals surface area contributed by atoms with Gasteiger partial charge in [0, 0.05) is 22.3 Å². The molecule has 0 aliphatic carbocycles. The van der Waals surface area contributed by atoms with Crippen LogP contribution in [0.3, 0.4) is 0 Å². The molecule has 0 aliphatic rings. The quantitative estimate of drug-likeness (QED) is 0.919. The Bertz CT molecular complexity index is 655. The highest BCUT2D eigenvalue weighted by Crippen LogP contribution is 2.26. The summed E-state index contributed by atoms with van der Waals surface area (Å²) in [5, 5.41) is 12.6. The second kappa shape index (κ2) is 6.27. The molecule has 1 atom stereocenters. The molecule has 0 heterocycles. The third-order valence-corrected chi connectivity index (χ3v) is 3.01. The first-order chi connectivity index (χ1) is 9.63. The lowest BCUT2D eigenvalue weighted by Gasteiger charge is -2.15. The summed E-state index contributed by atoms with van der Waals surface area (Å²) < 4.78 is 18.9. The first-order valence-corrected chi connectivity index (χ1v) is 6.27. The molecule has 1 unspecified atom stereocenters. The van der Waals surface area contributed by atoms with E-state index in [1.807, 2.05) is 6.07 Å². The summed E-state index contributed by atoms with van der Waals surface area (Å²) in [5.74, 6) is 0.176. The topological polar surface area (TPSA) is 45.0 Å². The van der Waals surface area contributed by atoms with Gasteiger partial charge in [0.1, 0.15) is 17.6 Å². The number of nitriles is 1. The fourth-order valence-corrected chi connectivity index (χ4v) is 1.98. The Hall–Kier alpha value is -2.25. The zero-order valence-corrected chi connectivity index (χ0v) is 11.5. The van der Waals surface area contributed by atoms with Gasteiger partial charge in [-0.05, 0) is 30.3 Å². The van der Waals surface area contributed by atoms with E-state index in [0.717, 1.165) is 0 Å². The highest BCUT2D eigenvalue weighted by Gasteiger charge is 2.15. The van der Waals surface area contributed by atoms with Crippen molar-refractivity contribution in [1.29, 1.82) is 5.26 Å². The lowest BCUT2D eigenvalue weighted by molar-refractivity contribution is 0.415. The second-order valence-electron chi connectivity index (χ2n) is 4.10. The zero-order valence-electron chi connectivity index (χ0n) is 10.7. The van der Waals surface area contributed by atoms with E-state index in [4.69, 9.17) is 16.3 Å². The SMILES string of the molecule is COc1cccc(NC(C#N)c2cc(Cl)ccc2F)c1. The van der Waals surface area contributed by atoms with Gasteiger partial charge in [-0.3, -0.25) is 0 Å². The van der Waals surface area contributed by atoms with E-state index in [2.05, 4.69) is 5.32 Å². The van der Waals surface area contributed by atoms with Crippen LogP contribution in [0.25, 0.3) is 0 Å². The summed E-state index contributed by atoms with van der Waals surface area (Å²) in [4.78, 5) is 0. The van der Waals surface area contributed by atoms with Crippen molar-refractivity contribution in [1.82, 2.24) is 0 Å². The zero-order chi connectivity index (χ0) is 14.5. The van der Waals surface area contributed by atoms with Gasteiger partial charge in [-0.1, -0.05) is 17.7 Å². The Morgan fingerprint density at radius 3 is 2.80 bits per heavy atom. The largest absolute Gasteiger partial charge is 0.497 e. The molecular formula is C15H12ClFN2O. The molecule has 0 spiro atoms. The smallest absolute Gasteiger partial charge is 0.143 e. The standard InChI is InChI=1S/C15H12ClFN2O/c1-20-12-4-2-3-11(8-12)19-15(9-18)13-7-10(16)5-6-14(13)17/h2-8,15,19H,1H3. The van der Waals surface area contributed by atoms with Gasteiger partial charge in [0.15, 0.2) is 0 Å². The van der Waals surface area contributed by atoms with Crippen LogP contribution in [0.5, 0.6) is 5.75 Å². The highest BCUT2D eigenvalue weighted by molar-refractivity contribution is 6.30. The van der Waals surface area contributed by atoms with E-state index < -0.39 is 11.9 Å². The average Bonchev–Trinajstić information content (AvgIpc) is 2.47. The average molecular weight is 291 g/mol. The van der Waals surface area contributed by atoms with Crippen LogP contribution >= 0.6 is 11.6 Å². The fourth-order valence-electron chi connectivity index (χ4n) is 1.79. The van der Waals surface area contributed by atoms with Crippen molar-refractivity contribution in [2.45, 2.75) is 6.04 Å². The number of nitrogens with zero attached hydrogens (tertiary/aromatic N) is 1. The number of hydrogen-bond acceptors (Lipinski definition) is 3. The maximum atomic E-state index is 13.8. The monoisotopic (exact) mass is 290 g/mol. The van der Waals surface area contributed by atoms with Crippen molar-refractivity contribution in [3.05, 3.63) is 58.9 Å². The molecule has 0 amide bonds. The lowest BCUT2D eigenvalue weighted by Crippen LogP contribution is -2.10. The van der Waals surface area contributed by atoms with Gasteiger partial charge in [-0.2, -0.15) is 5.26 Å². The molecule has 0 bridgehead atoms. The number of ether oxygens (including phenoxy) is 1. The normalized spacial score (nSPS) is 11.5. The summed E-state index contributed by atoms with van der Waals surface area (Å²) >= 11 is 5.84. The Morgan fingerprint density at radius 2 is 2.10 bits per heavy atom. The highest BCUT2D eigenvalue weighted by atomic mass is 35.5. The molecule has 0 fully saturated rings. The van der Waals surface area contributed by atoms with E-state index in [1.54, 1.807) is 31.4 Å². The summed E-state index contributed by atoms with van der Waals surface area (Å²) in [6.07, 6.45) is 0. The Morgan fingerprint density at radius 1 is 1.30 bits per heavy atom. The first-order valence-electron chi connectivity index (χ1n) is 5.89. The molecule has 1 N–H and O–H groups in total. The van der Waals surface area contributed by atoms with E-state index in [0.29, 0.717) is 16.5 Å². The molecule has 0 radical (unpaired) electrons. The van der Waals surface area contributed by atoms with Crippen molar-refractivity contribution >= 4 is 17.3 Å². The van der Waals surface area contributed by atoms with Gasteiger partial charge in [-0.15, -0.1) is 0 Å². The molecule has 5 heteroatoms. The summed E-state index contributed by atoms with van der Waals surface area (Å²) in [7, 11) is 1.55. The number of anilines is 1. The van der Waals surface area contributed by atoms with Crippen molar-refractivity contribution in [3.8, 4) is 11.8 Å². The minimum absolute atomic E-state index is 0.211. The van der Waals surface area contributed by atoms with Gasteiger partial charge in [0.25, 0.3) is 0 Å². The van der Waals surface area contributed by atoms with E-state index in [1.165, 1.54) is 18.2 Å². The van der Waals surface area contributed by atoms with E-state index in [-0.39, 0.29) is 5.56 Å². The van der Waals surface area contributed by atoms with Crippen LogP contribution in [0.2, 0.25) is 5.02 Å². The van der Waals surface area contributed by atoms with Crippen LogP contribution in [0.15, 0.2) is 42.5 Å². The van der Waals surface area contributed by atoms with Crippen LogP contribution in [0.4, 0.5) is 10.1 Å². The predicted octanol–water partition coefficient (Wildman–Crippen LogP) is 4.16. The number of rotatable bonds is 4. The van der Waals surface area contributed by atoms with Gasteiger partial charge < -0.3 is 10.1 Å². The maximum absolute atomic E-state index is 13.8. The molecule has 2 aromatic rings. The molecule has 102 valence electrons. The molecule has 0 aliphatic heterocycles. The predicted molar refractivity (Wildman–Crippen MR) is 76.4 cm³/mol. The van der Waals surface area contributed by atoms with Crippen molar-refractivity contribution < 1.29 is 9.13 Å². The van der Waals surface area contributed by atoms with Crippen LogP contribution < -0.4 is 10.1 Å². The van der Waals surface area contributed by atoms with Crippen molar-refractivity contribution in [2.75, 3.05) is 12.4 Å². The lowest BCUT2D eigenvalue weighted by atomic mass is 10.1. The summed E-state index contributed by atoms with van der Waals surface area (Å²) in [5.41, 5.74) is 0.873. The molecular weight excluding hydrogens is 279 g/mol. The summed E-state index contributed by atoms with van der Waals surface area (Å²) in [6, 6.07) is 12.4. The van der Waals surface area contributed by atoms with Crippen molar-refractivity contribution in [2.24, 2.45) is 0 Å². The third-order valence-electron chi connectivity index (χ3n) is 2.78. The van der Waals surface area contributed by atoms with E-state index >= 15 is 0 Å². The van der Waals surface area contributed by atoms with Gasteiger partial charge in [0.2, 0.25) is 0 Å². The number of hydrogen-bond donors (Lipinski definition) is 1. The Kier molecular flexibility index (Phi) is 4.44. The molecule has 0 aromatic heterocycles. The Balaban J connectivity index is 2.29. The molecule has 2 rings (SSSR count). The van der Waals surface area contributed by atoms with Gasteiger partial charge in [-0.25, -0.2) is 4.39 Å². The summed E-state index contributed by atoms with van der Waals surface area (Å²) in [6.45, 7) is 0. The van der Waals surface area contributed by atoms with Gasteiger partial charge in [0.05, 0.1) is 13.2 Å². The minimum atomic E-state index is -0.833. The molecule has 0 saturated carbocycles. The first kappa shape index (κ1) is 14.2. The molecule has 0 saturated heterocycles. The second-order valence-corrected chi connectivity index (χ2v) is 4.54. The fraction of sp³-hybridized carbons (Fsp3) is 0.133. The van der Waals surface area contributed by atoms with Crippen LogP contribution in [0, 0.1) is 17.1 Å². The molecule has 3 nitrogen and oxygen atoms in total. The third kappa shape index (κ3) is 3.19. The molecule has 2 aromatic carbocycles. The molecule has 20 heavy (non-hydrogen) atoms. The van der Waals surface area contributed by atoms with Crippen molar-refractivity contribution in [3.63, 3.8) is 0 Å². The number of nitrogens with one attached hydrogen (secondary N) is 1. The Labute approximate surface area is 121 Å². The van der Waals surface area contributed by atoms with E-state index in [9.17, 15) is 9.65 Å². The number of benzene rings is 2. The van der Waals surface area contributed by atoms with Crippen LogP contribution in [-0.4, -0.2) is 7.11 Å². The maximum Gasteiger partial charge on any atom is 0.143 e.